The molecule has 0 fully saturated rings. The van der Waals surface area contributed by atoms with Crippen molar-refractivity contribution >= 4 is 5.84 Å². The molecule has 31 heavy (non-hydrogen) atoms. The maximum absolute atomic E-state index is 14.5. The molecule has 0 saturated heterocycles. The Kier molecular flexibility index (Phi) is 9.29. The van der Waals surface area contributed by atoms with E-state index in [0.717, 1.165) is 66.3 Å². The topological polar surface area (TPSA) is 27.6 Å². The molecular formula is C27H38FN3. The third kappa shape index (κ3) is 6.43. The summed E-state index contributed by atoms with van der Waals surface area (Å²) in [4.78, 5) is 7.06. The van der Waals surface area contributed by atoms with Gasteiger partial charge >= 0.3 is 0 Å². The number of nitrogens with zero attached hydrogens (tertiary/aromatic N) is 2. The second kappa shape index (κ2) is 11.7. The molecule has 1 aromatic carbocycles. The largest absolute Gasteiger partial charge is 0.330 e. The van der Waals surface area contributed by atoms with Gasteiger partial charge < -0.3 is 10.2 Å². The number of aryl methyl sites for hydroxylation is 1. The van der Waals surface area contributed by atoms with E-state index in [-0.39, 0.29) is 5.82 Å². The van der Waals surface area contributed by atoms with E-state index in [2.05, 4.69) is 50.2 Å². The average molecular weight is 424 g/mol. The Hall–Kier alpha value is -2.62. The Labute approximate surface area is 188 Å². The Bertz CT molecular complexity index is 886. The number of benzene rings is 1. The molecule has 1 N–H and O–H groups in total. The Balaban J connectivity index is 2.36. The Morgan fingerprint density at radius 1 is 1.23 bits per heavy atom. The monoisotopic (exact) mass is 423 g/mol. The van der Waals surface area contributed by atoms with Crippen molar-refractivity contribution in [3.63, 3.8) is 0 Å². The van der Waals surface area contributed by atoms with Crippen molar-refractivity contribution < 1.29 is 4.39 Å². The first-order chi connectivity index (χ1) is 14.8. The van der Waals surface area contributed by atoms with Gasteiger partial charge in [-0.15, -0.1) is 0 Å². The molecule has 0 saturated carbocycles. The molecule has 0 bridgehead atoms. The van der Waals surface area contributed by atoms with Crippen LogP contribution in [0.25, 0.3) is 0 Å². The molecule has 0 spiro atoms. The van der Waals surface area contributed by atoms with Gasteiger partial charge in [-0.2, -0.15) is 0 Å². The molecule has 0 amide bonds. The zero-order chi connectivity index (χ0) is 23.0. The molecular weight excluding hydrogens is 385 g/mol. The summed E-state index contributed by atoms with van der Waals surface area (Å²) in [6, 6.07) is 5.73. The number of aliphatic imine (C=N–C) groups is 1. The summed E-state index contributed by atoms with van der Waals surface area (Å²) in [5.41, 5.74) is 4.43. The zero-order valence-corrected chi connectivity index (χ0v) is 19.9. The van der Waals surface area contributed by atoms with Crippen LogP contribution < -0.4 is 5.32 Å². The molecule has 1 aliphatic heterocycles. The molecule has 0 aliphatic carbocycles. The van der Waals surface area contributed by atoms with Crippen LogP contribution in [0.3, 0.4) is 0 Å². The molecule has 1 aliphatic rings. The standard InChI is InChI=1S/C27H38FN3/c1-8-12-25(13-9-2)29-21(7)30-27-22(10-3)17-24(20(6)31(27)11-4)18-23-15-14-19(5)16-26(23)28/h10,14-17,25H,3,6,8-9,11-13,18H2,1-2,4-5,7H3,(H,29,30). The summed E-state index contributed by atoms with van der Waals surface area (Å²) < 4.78 is 14.5. The Morgan fingerprint density at radius 3 is 2.45 bits per heavy atom. The van der Waals surface area contributed by atoms with Gasteiger partial charge in [-0.3, -0.25) is 4.99 Å². The van der Waals surface area contributed by atoms with E-state index in [4.69, 9.17) is 4.99 Å². The van der Waals surface area contributed by atoms with Crippen molar-refractivity contribution in [2.75, 3.05) is 6.54 Å². The van der Waals surface area contributed by atoms with Crippen LogP contribution in [0.5, 0.6) is 0 Å². The minimum Gasteiger partial charge on any atom is -0.330 e. The highest BCUT2D eigenvalue weighted by atomic mass is 19.1. The van der Waals surface area contributed by atoms with Crippen LogP contribution in [0.15, 0.2) is 71.2 Å². The SMILES string of the molecule is C=CC1=C(NC(C)=NC(CCC)CCC)N(CC)C(=C)C(Cc2ccc(C)cc2F)=C1. The smallest absolute Gasteiger partial charge is 0.126 e. The van der Waals surface area contributed by atoms with E-state index in [1.807, 2.05) is 32.1 Å². The predicted molar refractivity (Wildman–Crippen MR) is 132 cm³/mol. The number of nitrogens with one attached hydrogen (secondary N) is 1. The van der Waals surface area contributed by atoms with Crippen LogP contribution in [0.2, 0.25) is 0 Å². The lowest BCUT2D eigenvalue weighted by Gasteiger charge is -2.35. The van der Waals surface area contributed by atoms with Gasteiger partial charge in [0.05, 0.1) is 11.9 Å². The van der Waals surface area contributed by atoms with Gasteiger partial charge in [-0.05, 0) is 62.5 Å². The lowest BCUT2D eigenvalue weighted by atomic mass is 9.95. The summed E-state index contributed by atoms with van der Waals surface area (Å²) in [5.74, 6) is 1.66. The molecule has 1 heterocycles. The van der Waals surface area contributed by atoms with E-state index in [1.165, 1.54) is 0 Å². The van der Waals surface area contributed by atoms with Crippen molar-refractivity contribution in [2.24, 2.45) is 4.99 Å². The predicted octanol–water partition coefficient (Wildman–Crippen LogP) is 6.83. The fraction of sp³-hybridized carbons (Fsp3) is 0.444. The first-order valence-electron chi connectivity index (χ1n) is 11.4. The summed E-state index contributed by atoms with van der Waals surface area (Å²) in [6.45, 7) is 19.5. The highest BCUT2D eigenvalue weighted by Gasteiger charge is 2.23. The average Bonchev–Trinajstić information content (AvgIpc) is 2.72. The lowest BCUT2D eigenvalue weighted by molar-refractivity contribution is 0.429. The molecule has 0 atom stereocenters. The van der Waals surface area contributed by atoms with E-state index in [0.29, 0.717) is 18.0 Å². The second-order valence-electron chi connectivity index (χ2n) is 8.21. The van der Waals surface area contributed by atoms with Crippen LogP contribution in [0, 0.1) is 12.7 Å². The number of amidine groups is 1. The molecule has 0 unspecified atom stereocenters. The Morgan fingerprint density at radius 2 is 1.90 bits per heavy atom. The molecule has 4 heteroatoms. The minimum absolute atomic E-state index is 0.175. The first kappa shape index (κ1) is 24.6. The van der Waals surface area contributed by atoms with E-state index < -0.39 is 0 Å². The first-order valence-corrected chi connectivity index (χ1v) is 11.4. The molecule has 3 nitrogen and oxygen atoms in total. The van der Waals surface area contributed by atoms with Gasteiger partial charge in [0.25, 0.3) is 0 Å². The van der Waals surface area contributed by atoms with Crippen molar-refractivity contribution in [3.8, 4) is 0 Å². The molecule has 2 rings (SSSR count). The summed E-state index contributed by atoms with van der Waals surface area (Å²) in [7, 11) is 0. The van der Waals surface area contributed by atoms with Crippen LogP contribution in [-0.2, 0) is 6.42 Å². The van der Waals surface area contributed by atoms with Gasteiger partial charge in [0.15, 0.2) is 0 Å². The summed E-state index contributed by atoms with van der Waals surface area (Å²) in [5, 5.41) is 3.51. The molecule has 0 aromatic heterocycles. The van der Waals surface area contributed by atoms with Crippen LogP contribution in [0.1, 0.15) is 64.5 Å². The van der Waals surface area contributed by atoms with Gasteiger partial charge in [0.2, 0.25) is 0 Å². The summed E-state index contributed by atoms with van der Waals surface area (Å²) in [6.07, 6.45) is 8.84. The van der Waals surface area contributed by atoms with Crippen molar-refractivity contribution in [1.29, 1.82) is 0 Å². The number of rotatable bonds is 10. The second-order valence-corrected chi connectivity index (χ2v) is 8.21. The number of hydrogen-bond donors (Lipinski definition) is 1. The lowest BCUT2D eigenvalue weighted by Crippen LogP contribution is -2.37. The number of halogens is 1. The van der Waals surface area contributed by atoms with Crippen molar-refractivity contribution in [1.82, 2.24) is 10.2 Å². The minimum atomic E-state index is -0.175. The number of allylic oxidation sites excluding steroid dienone is 4. The fourth-order valence-corrected chi connectivity index (χ4v) is 4.02. The van der Waals surface area contributed by atoms with Crippen LogP contribution in [-0.4, -0.2) is 23.3 Å². The van der Waals surface area contributed by atoms with E-state index in [9.17, 15) is 4.39 Å². The van der Waals surface area contributed by atoms with Crippen molar-refractivity contribution in [2.45, 2.75) is 72.8 Å². The van der Waals surface area contributed by atoms with Gasteiger partial charge in [0, 0.05) is 24.2 Å². The highest BCUT2D eigenvalue weighted by Crippen LogP contribution is 2.30. The van der Waals surface area contributed by atoms with Gasteiger partial charge in [-0.1, -0.05) is 58.1 Å². The van der Waals surface area contributed by atoms with E-state index >= 15 is 0 Å². The summed E-state index contributed by atoms with van der Waals surface area (Å²) >= 11 is 0. The normalized spacial score (nSPS) is 14.9. The fourth-order valence-electron chi connectivity index (χ4n) is 4.02. The highest BCUT2D eigenvalue weighted by molar-refractivity contribution is 5.82. The third-order valence-electron chi connectivity index (χ3n) is 5.61. The maximum atomic E-state index is 14.5. The molecule has 0 radical (unpaired) electrons. The number of hydrogen-bond acceptors (Lipinski definition) is 2. The quantitative estimate of drug-likeness (QED) is 0.330. The van der Waals surface area contributed by atoms with Gasteiger partial charge in [-0.25, -0.2) is 4.39 Å². The maximum Gasteiger partial charge on any atom is 0.126 e. The molecule has 168 valence electrons. The van der Waals surface area contributed by atoms with Gasteiger partial charge in [0.1, 0.15) is 11.6 Å². The van der Waals surface area contributed by atoms with Crippen molar-refractivity contribution in [3.05, 3.63) is 83.1 Å². The molecule has 1 aromatic rings. The third-order valence-corrected chi connectivity index (χ3v) is 5.61. The van der Waals surface area contributed by atoms with Crippen LogP contribution >= 0.6 is 0 Å². The van der Waals surface area contributed by atoms with E-state index in [1.54, 1.807) is 6.07 Å². The number of likely N-dealkylation sites (N-methyl/N-ethyl adjacent to an activating group) is 1. The zero-order valence-electron chi connectivity index (χ0n) is 19.9. The van der Waals surface area contributed by atoms with Crippen LogP contribution in [0.4, 0.5) is 4.39 Å².